The lowest BCUT2D eigenvalue weighted by atomic mass is 10.1. The van der Waals surface area contributed by atoms with Gasteiger partial charge in [0, 0.05) is 26.9 Å². The van der Waals surface area contributed by atoms with E-state index in [9.17, 15) is 0 Å². The van der Waals surface area contributed by atoms with Gasteiger partial charge in [-0.25, -0.2) is 0 Å². The van der Waals surface area contributed by atoms with Gasteiger partial charge in [0.1, 0.15) is 11.2 Å². The highest BCUT2D eigenvalue weighted by Gasteiger charge is 2.20. The summed E-state index contributed by atoms with van der Waals surface area (Å²) in [6.45, 7) is 0. The molecule has 26 heavy (non-hydrogen) atoms. The van der Waals surface area contributed by atoms with Gasteiger partial charge in [-0.15, -0.1) is 0 Å². The van der Waals surface area contributed by atoms with Crippen LogP contribution in [0.1, 0.15) is 0 Å². The van der Waals surface area contributed by atoms with Crippen molar-refractivity contribution in [3.8, 4) is 0 Å². The van der Waals surface area contributed by atoms with E-state index < -0.39 is 0 Å². The molecule has 0 amide bonds. The van der Waals surface area contributed by atoms with Gasteiger partial charge in [-0.3, -0.25) is 0 Å². The van der Waals surface area contributed by atoms with Crippen LogP contribution in [0.5, 0.6) is 0 Å². The first kappa shape index (κ1) is 12.8. The summed E-state index contributed by atoms with van der Waals surface area (Å²) in [6.07, 6.45) is 0. The highest BCUT2D eigenvalue weighted by molar-refractivity contribution is 6.29. The lowest BCUT2D eigenvalue weighted by molar-refractivity contribution is 0.673. The Bertz CT molecular complexity index is 1630. The van der Waals surface area contributed by atoms with Crippen LogP contribution in [-0.2, 0) is 0 Å². The topological polar surface area (TPSA) is 17.6 Å². The number of fused-ring (bicyclic) bond motifs is 10. The van der Waals surface area contributed by atoms with Gasteiger partial charge in [-0.05, 0) is 24.3 Å². The van der Waals surface area contributed by atoms with E-state index in [1.807, 2.05) is 12.1 Å². The van der Waals surface area contributed by atoms with Crippen molar-refractivity contribution in [3.63, 3.8) is 0 Å². The second-order valence-corrected chi connectivity index (χ2v) is 6.99. The number of para-hydroxylation sites is 3. The summed E-state index contributed by atoms with van der Waals surface area (Å²) in [5, 5.41) is 7.45. The summed E-state index contributed by atoms with van der Waals surface area (Å²) in [6, 6.07) is 28.0. The molecular formula is C24H13NO. The van der Waals surface area contributed by atoms with Gasteiger partial charge >= 0.3 is 0 Å². The average Bonchev–Trinajstić information content (AvgIpc) is 3.34. The van der Waals surface area contributed by atoms with Crippen LogP contribution in [0.15, 0.2) is 83.3 Å². The van der Waals surface area contributed by atoms with E-state index in [-0.39, 0.29) is 0 Å². The highest BCUT2D eigenvalue weighted by Crippen LogP contribution is 2.43. The molecule has 0 atom stereocenters. The summed E-state index contributed by atoms with van der Waals surface area (Å²) >= 11 is 0. The minimum absolute atomic E-state index is 0.949. The Balaban J connectivity index is 1.88. The highest BCUT2D eigenvalue weighted by atomic mass is 16.3. The molecule has 2 nitrogen and oxygen atoms in total. The Morgan fingerprint density at radius 3 is 2.27 bits per heavy atom. The number of furan rings is 1. The van der Waals surface area contributed by atoms with Gasteiger partial charge in [0.2, 0.25) is 0 Å². The van der Waals surface area contributed by atoms with Crippen LogP contribution in [0.3, 0.4) is 0 Å². The van der Waals surface area contributed by atoms with Crippen LogP contribution in [0.2, 0.25) is 0 Å². The lowest BCUT2D eigenvalue weighted by Gasteiger charge is -1.98. The zero-order valence-electron chi connectivity index (χ0n) is 13.9. The molecule has 0 bridgehead atoms. The Morgan fingerprint density at radius 2 is 1.31 bits per heavy atom. The molecule has 3 aromatic heterocycles. The number of benzene rings is 4. The van der Waals surface area contributed by atoms with E-state index in [1.54, 1.807) is 0 Å². The monoisotopic (exact) mass is 331 g/mol. The maximum absolute atomic E-state index is 6.33. The zero-order chi connectivity index (χ0) is 16.8. The number of hydrogen-bond donors (Lipinski definition) is 0. The maximum atomic E-state index is 6.33. The molecule has 0 N–H and O–H groups in total. The van der Waals surface area contributed by atoms with Crippen molar-refractivity contribution in [2.24, 2.45) is 0 Å². The molecule has 3 heterocycles. The molecule has 0 aliphatic carbocycles. The Hall–Kier alpha value is -3.52. The first-order valence-electron chi connectivity index (χ1n) is 8.89. The zero-order valence-corrected chi connectivity index (χ0v) is 13.9. The molecule has 0 aliphatic rings. The fourth-order valence-corrected chi connectivity index (χ4v) is 4.70. The number of nitrogens with zero attached hydrogens (tertiary/aromatic N) is 1. The summed E-state index contributed by atoms with van der Waals surface area (Å²) < 4.78 is 8.72. The van der Waals surface area contributed by atoms with Crippen LogP contribution in [0.25, 0.3) is 60.0 Å². The van der Waals surface area contributed by atoms with E-state index in [1.165, 1.54) is 48.9 Å². The summed E-state index contributed by atoms with van der Waals surface area (Å²) in [4.78, 5) is 0. The summed E-state index contributed by atoms with van der Waals surface area (Å²) in [5.74, 6) is 0. The third-order valence-corrected chi connectivity index (χ3v) is 5.73. The smallest absolute Gasteiger partial charge is 0.145 e. The molecule has 0 fully saturated rings. The maximum Gasteiger partial charge on any atom is 0.145 e. The predicted octanol–water partition coefficient (Wildman–Crippen LogP) is 6.74. The van der Waals surface area contributed by atoms with Crippen molar-refractivity contribution in [1.29, 1.82) is 0 Å². The molecular weight excluding hydrogens is 318 g/mol. The quantitative estimate of drug-likeness (QED) is 0.301. The second-order valence-electron chi connectivity index (χ2n) is 6.99. The van der Waals surface area contributed by atoms with Crippen LogP contribution < -0.4 is 0 Å². The first-order chi connectivity index (χ1) is 12.9. The molecule has 7 rings (SSSR count). The van der Waals surface area contributed by atoms with Gasteiger partial charge < -0.3 is 8.82 Å². The van der Waals surface area contributed by atoms with Gasteiger partial charge in [-0.1, -0.05) is 54.6 Å². The van der Waals surface area contributed by atoms with Crippen molar-refractivity contribution >= 4 is 60.0 Å². The van der Waals surface area contributed by atoms with E-state index >= 15 is 0 Å². The predicted molar refractivity (Wildman–Crippen MR) is 108 cm³/mol. The van der Waals surface area contributed by atoms with Crippen LogP contribution in [0, 0.1) is 0 Å². The van der Waals surface area contributed by atoms with Crippen molar-refractivity contribution in [2.45, 2.75) is 0 Å². The van der Waals surface area contributed by atoms with E-state index in [2.05, 4.69) is 71.1 Å². The van der Waals surface area contributed by atoms with Crippen LogP contribution >= 0.6 is 0 Å². The van der Waals surface area contributed by atoms with Crippen molar-refractivity contribution in [2.75, 3.05) is 0 Å². The molecule has 0 saturated carbocycles. The van der Waals surface area contributed by atoms with Gasteiger partial charge in [0.15, 0.2) is 0 Å². The fraction of sp³-hybridized carbons (Fsp3) is 0. The first-order valence-corrected chi connectivity index (χ1v) is 8.89. The fourth-order valence-electron chi connectivity index (χ4n) is 4.70. The molecule has 0 saturated heterocycles. The minimum atomic E-state index is 0.949. The number of aromatic nitrogens is 1. The third kappa shape index (κ3) is 1.29. The molecule has 120 valence electrons. The number of rotatable bonds is 0. The van der Waals surface area contributed by atoms with Crippen molar-refractivity contribution < 1.29 is 4.42 Å². The summed E-state index contributed by atoms with van der Waals surface area (Å²) in [5.41, 5.74) is 5.69. The third-order valence-electron chi connectivity index (χ3n) is 5.73. The van der Waals surface area contributed by atoms with E-state index in [0.717, 1.165) is 11.2 Å². The Labute approximate surface area is 148 Å². The van der Waals surface area contributed by atoms with Gasteiger partial charge in [0.25, 0.3) is 0 Å². The Morgan fingerprint density at radius 1 is 0.538 bits per heavy atom. The number of hydrogen-bond acceptors (Lipinski definition) is 1. The van der Waals surface area contributed by atoms with Gasteiger partial charge in [-0.2, -0.15) is 0 Å². The van der Waals surface area contributed by atoms with Crippen LogP contribution in [0.4, 0.5) is 0 Å². The lowest BCUT2D eigenvalue weighted by Crippen LogP contribution is -1.79. The van der Waals surface area contributed by atoms with Crippen LogP contribution in [-0.4, -0.2) is 4.40 Å². The molecule has 7 aromatic rings. The van der Waals surface area contributed by atoms with Crippen molar-refractivity contribution in [3.05, 3.63) is 78.9 Å². The minimum Gasteiger partial charge on any atom is -0.455 e. The molecule has 0 spiro atoms. The second kappa shape index (κ2) is 4.17. The molecule has 4 aromatic carbocycles. The molecule has 0 radical (unpaired) electrons. The standard InChI is InChI=1S/C24H13NO/c1-3-10-19-14(6-1)16-8-5-9-18-22-20(25(19)23(16)18)13-12-17-15-7-2-4-11-21(15)26-24(17)22/h1-13H. The van der Waals surface area contributed by atoms with Gasteiger partial charge in [0.05, 0.1) is 21.9 Å². The normalized spacial score (nSPS) is 12.6. The molecule has 0 aliphatic heterocycles. The van der Waals surface area contributed by atoms with Crippen molar-refractivity contribution in [1.82, 2.24) is 4.40 Å². The van der Waals surface area contributed by atoms with E-state index in [4.69, 9.17) is 4.42 Å². The largest absolute Gasteiger partial charge is 0.455 e. The Kier molecular flexibility index (Phi) is 2.05. The van der Waals surface area contributed by atoms with E-state index in [0.29, 0.717) is 0 Å². The summed E-state index contributed by atoms with van der Waals surface area (Å²) in [7, 11) is 0. The average molecular weight is 331 g/mol. The molecule has 2 heteroatoms. The molecule has 0 unspecified atom stereocenters. The SMILES string of the molecule is c1ccc2c(c1)oc1c2ccc2c1c1cccc3c4ccccc4n2c31.